The molecule has 0 saturated carbocycles. The number of benzene rings is 1. The minimum Gasteiger partial charge on any atom is -0.390 e. The minimum absolute atomic E-state index is 0.0483. The Balaban J connectivity index is 2.21. The summed E-state index contributed by atoms with van der Waals surface area (Å²) in [5.74, 6) is -1.08. The maximum Gasteiger partial charge on any atom is 0.216 e. The Bertz CT molecular complexity index is 766. The van der Waals surface area contributed by atoms with Crippen LogP contribution in [0.2, 0.25) is 0 Å². The summed E-state index contributed by atoms with van der Waals surface area (Å²) in [6.07, 6.45) is 1.85. The predicted octanol–water partition coefficient (Wildman–Crippen LogP) is 4.44. The second-order valence-corrected chi connectivity index (χ2v) is 8.06. The summed E-state index contributed by atoms with van der Waals surface area (Å²) in [6.45, 7) is 7.84. The second kappa shape index (κ2) is 7.74. The van der Waals surface area contributed by atoms with Crippen molar-refractivity contribution in [2.24, 2.45) is 11.3 Å². The molecule has 1 heterocycles. The predicted molar refractivity (Wildman–Crippen MR) is 95.8 cm³/mol. The third-order valence-electron chi connectivity index (χ3n) is 4.39. The summed E-state index contributed by atoms with van der Waals surface area (Å²) in [4.78, 5) is 4.03. The Morgan fingerprint density at radius 2 is 2.00 bits per heavy atom. The van der Waals surface area contributed by atoms with Gasteiger partial charge in [0.15, 0.2) is 0 Å². The number of halogens is 2. The Hall–Kier alpha value is -1.60. The fourth-order valence-electron chi connectivity index (χ4n) is 3.01. The normalized spacial score (nSPS) is 15.8. The lowest BCUT2D eigenvalue weighted by atomic mass is 9.81. The number of H-pyrrole nitrogens is 1. The summed E-state index contributed by atoms with van der Waals surface area (Å²) < 4.78 is 29.0. The molecule has 0 radical (unpaired) electrons. The number of nitrogens with zero attached hydrogens (tertiary/aromatic N) is 2. The van der Waals surface area contributed by atoms with Gasteiger partial charge in [-0.3, -0.25) is 9.78 Å². The van der Waals surface area contributed by atoms with Crippen LogP contribution in [-0.4, -0.2) is 26.0 Å². The van der Waals surface area contributed by atoms with Gasteiger partial charge in [-0.2, -0.15) is 0 Å². The van der Waals surface area contributed by atoms with Gasteiger partial charge < -0.3 is 5.11 Å². The molecular weight excluding hydrogens is 344 g/mol. The Morgan fingerprint density at radius 1 is 1.32 bits per heavy atom. The second-order valence-electron chi connectivity index (χ2n) is 7.70. The number of hydrogen-bond acceptors (Lipinski definition) is 3. The first-order valence-corrected chi connectivity index (χ1v) is 8.74. The monoisotopic (exact) mass is 369 g/mol. The summed E-state index contributed by atoms with van der Waals surface area (Å²) in [6, 6.07) is 3.32. The van der Waals surface area contributed by atoms with Gasteiger partial charge in [0, 0.05) is 6.07 Å². The zero-order valence-electron chi connectivity index (χ0n) is 15.0. The molecule has 1 aromatic heterocycles. The summed E-state index contributed by atoms with van der Waals surface area (Å²) in [5, 5.41) is 13.8. The van der Waals surface area contributed by atoms with Crippen LogP contribution in [0, 0.1) is 27.7 Å². The van der Waals surface area contributed by atoms with E-state index in [1.165, 1.54) is 18.5 Å². The number of aromatic amines is 1. The van der Waals surface area contributed by atoms with E-state index in [0.29, 0.717) is 23.2 Å². The number of rotatable bonds is 6. The number of aliphatic hydroxyl groups excluding tert-OH is 1. The molecule has 1 aromatic carbocycles. The summed E-state index contributed by atoms with van der Waals surface area (Å²) in [7, 11) is 0. The summed E-state index contributed by atoms with van der Waals surface area (Å²) in [5.41, 5.74) is 0.108. The standard InChI is InChI=1S/C18H25F2N3OS/c1-11(7-12-5-6-13(19)9-14(12)20)8-15(16(24)18(2,3)4)23-17(25)21-10-22-23/h5-6,9-11,15-16,24H,7-8H2,1-4H3,(H,21,22,25)/t11-,15+,16-/m0/s1. The molecule has 0 spiro atoms. The molecule has 2 rings (SSSR count). The summed E-state index contributed by atoms with van der Waals surface area (Å²) >= 11 is 5.23. The first-order valence-electron chi connectivity index (χ1n) is 8.33. The topological polar surface area (TPSA) is 53.8 Å². The van der Waals surface area contributed by atoms with Gasteiger partial charge in [-0.25, -0.2) is 13.8 Å². The van der Waals surface area contributed by atoms with E-state index in [4.69, 9.17) is 12.2 Å². The first-order chi connectivity index (χ1) is 11.6. The van der Waals surface area contributed by atoms with Crippen molar-refractivity contribution in [1.29, 1.82) is 0 Å². The van der Waals surface area contributed by atoms with Crippen molar-refractivity contribution < 1.29 is 13.9 Å². The van der Waals surface area contributed by atoms with Gasteiger partial charge in [0.25, 0.3) is 0 Å². The van der Waals surface area contributed by atoms with Gasteiger partial charge in [-0.15, -0.1) is 0 Å². The fraction of sp³-hybridized carbons (Fsp3) is 0.556. The Kier molecular flexibility index (Phi) is 6.11. The minimum atomic E-state index is -0.667. The Labute approximate surface area is 151 Å². The molecule has 4 nitrogen and oxygen atoms in total. The molecule has 138 valence electrons. The maximum atomic E-state index is 13.9. The number of aromatic nitrogens is 3. The average molecular weight is 369 g/mol. The number of nitrogens with one attached hydrogen (secondary N) is 1. The van der Waals surface area contributed by atoms with Crippen LogP contribution in [0.4, 0.5) is 8.78 Å². The molecule has 2 N–H and O–H groups in total. The third kappa shape index (κ3) is 4.95. The highest BCUT2D eigenvalue weighted by Crippen LogP contribution is 2.33. The molecule has 0 aliphatic rings. The smallest absolute Gasteiger partial charge is 0.216 e. The van der Waals surface area contributed by atoms with E-state index in [1.807, 2.05) is 27.7 Å². The quantitative estimate of drug-likeness (QED) is 0.741. The molecule has 0 fully saturated rings. The highest BCUT2D eigenvalue weighted by Gasteiger charge is 2.33. The van der Waals surface area contributed by atoms with Crippen molar-refractivity contribution >= 4 is 12.2 Å². The van der Waals surface area contributed by atoms with E-state index in [-0.39, 0.29) is 17.4 Å². The van der Waals surface area contributed by atoms with Crippen LogP contribution < -0.4 is 0 Å². The van der Waals surface area contributed by atoms with E-state index >= 15 is 0 Å². The van der Waals surface area contributed by atoms with E-state index in [2.05, 4.69) is 10.1 Å². The van der Waals surface area contributed by atoms with Gasteiger partial charge in [0.1, 0.15) is 18.0 Å². The highest BCUT2D eigenvalue weighted by atomic mass is 32.1. The molecule has 3 atom stereocenters. The van der Waals surface area contributed by atoms with Crippen molar-refractivity contribution in [3.05, 3.63) is 46.5 Å². The van der Waals surface area contributed by atoms with Crippen molar-refractivity contribution in [1.82, 2.24) is 14.8 Å². The molecule has 0 bridgehead atoms. The molecule has 0 aliphatic heterocycles. The van der Waals surface area contributed by atoms with E-state index in [0.717, 1.165) is 6.07 Å². The zero-order valence-corrected chi connectivity index (χ0v) is 15.8. The van der Waals surface area contributed by atoms with Crippen LogP contribution in [0.1, 0.15) is 45.7 Å². The molecule has 2 aromatic rings. The van der Waals surface area contributed by atoms with Crippen LogP contribution in [0.15, 0.2) is 24.5 Å². The van der Waals surface area contributed by atoms with Crippen molar-refractivity contribution in [2.75, 3.05) is 0 Å². The van der Waals surface area contributed by atoms with E-state index in [9.17, 15) is 13.9 Å². The number of hydrogen-bond donors (Lipinski definition) is 2. The third-order valence-corrected chi connectivity index (χ3v) is 4.69. The fourth-order valence-corrected chi connectivity index (χ4v) is 3.25. The van der Waals surface area contributed by atoms with Crippen molar-refractivity contribution in [3.8, 4) is 0 Å². The molecule has 0 amide bonds. The van der Waals surface area contributed by atoms with Gasteiger partial charge in [0.05, 0.1) is 12.1 Å². The van der Waals surface area contributed by atoms with Crippen molar-refractivity contribution in [3.63, 3.8) is 0 Å². The van der Waals surface area contributed by atoms with Gasteiger partial charge >= 0.3 is 0 Å². The van der Waals surface area contributed by atoms with Gasteiger partial charge in [-0.05, 0) is 48.0 Å². The van der Waals surface area contributed by atoms with Crippen LogP contribution in [-0.2, 0) is 6.42 Å². The van der Waals surface area contributed by atoms with Crippen molar-refractivity contribution in [2.45, 2.75) is 52.7 Å². The molecule has 0 unspecified atom stereocenters. The van der Waals surface area contributed by atoms with Crippen LogP contribution >= 0.6 is 12.2 Å². The highest BCUT2D eigenvalue weighted by molar-refractivity contribution is 7.71. The number of aliphatic hydroxyl groups is 1. The molecular formula is C18H25F2N3OS. The lowest BCUT2D eigenvalue weighted by Gasteiger charge is -2.34. The average Bonchev–Trinajstić information content (AvgIpc) is 2.92. The largest absolute Gasteiger partial charge is 0.390 e. The van der Waals surface area contributed by atoms with Crippen LogP contribution in [0.25, 0.3) is 0 Å². The van der Waals surface area contributed by atoms with Gasteiger partial charge in [0.2, 0.25) is 4.77 Å². The molecule has 7 heteroatoms. The SMILES string of the molecule is C[C@@H](Cc1ccc(F)cc1F)C[C@H]([C@H](O)C(C)(C)C)n1[nH]cnc1=S. The Morgan fingerprint density at radius 3 is 2.52 bits per heavy atom. The van der Waals surface area contributed by atoms with Crippen LogP contribution in [0.5, 0.6) is 0 Å². The van der Waals surface area contributed by atoms with E-state index in [1.54, 1.807) is 4.68 Å². The first kappa shape index (κ1) is 19.7. The van der Waals surface area contributed by atoms with Gasteiger partial charge in [-0.1, -0.05) is 33.8 Å². The zero-order chi connectivity index (χ0) is 18.8. The lowest BCUT2D eigenvalue weighted by molar-refractivity contribution is 0.00386. The molecule has 0 aliphatic carbocycles. The maximum absolute atomic E-state index is 13.9. The lowest BCUT2D eigenvalue weighted by Crippen LogP contribution is -2.37. The molecule has 0 saturated heterocycles. The van der Waals surface area contributed by atoms with Crippen LogP contribution in [0.3, 0.4) is 0 Å². The van der Waals surface area contributed by atoms with E-state index < -0.39 is 17.7 Å². The molecule has 25 heavy (non-hydrogen) atoms.